The third-order valence-electron chi connectivity index (χ3n) is 6.65. The number of hydrogen-bond acceptors (Lipinski definition) is 5. The highest BCUT2D eigenvalue weighted by Gasteiger charge is 2.39. The molecule has 2 N–H and O–H groups in total. The van der Waals surface area contributed by atoms with Crippen LogP contribution in [0.4, 0.5) is 0 Å². The van der Waals surface area contributed by atoms with Crippen LogP contribution in [0.25, 0.3) is 0 Å². The van der Waals surface area contributed by atoms with Crippen LogP contribution < -0.4 is 15.4 Å². The van der Waals surface area contributed by atoms with Gasteiger partial charge in [-0.1, -0.05) is 30.3 Å². The number of hydrogen-bond donors (Lipinski definition) is 2. The lowest BCUT2D eigenvalue weighted by atomic mass is 10.0. The fourth-order valence-electron chi connectivity index (χ4n) is 4.94. The van der Waals surface area contributed by atoms with Gasteiger partial charge in [-0.2, -0.15) is 0 Å². The van der Waals surface area contributed by atoms with Crippen LogP contribution in [-0.4, -0.2) is 40.8 Å². The normalized spacial score (nSPS) is 25.1. The number of rotatable bonds is 6. The lowest BCUT2D eigenvalue weighted by molar-refractivity contribution is -0.136. The van der Waals surface area contributed by atoms with Gasteiger partial charge in [0.15, 0.2) is 0 Å². The summed E-state index contributed by atoms with van der Waals surface area (Å²) in [5.41, 5.74) is 2.72. The van der Waals surface area contributed by atoms with E-state index in [-0.39, 0.29) is 30.4 Å². The topological polar surface area (TPSA) is 87.7 Å². The maximum Gasteiger partial charge on any atom is 0.255 e. The van der Waals surface area contributed by atoms with Crippen LogP contribution in [0.15, 0.2) is 48.5 Å². The third kappa shape index (κ3) is 4.12. The molecule has 0 spiro atoms. The summed E-state index contributed by atoms with van der Waals surface area (Å²) in [5, 5.41) is 5.97. The highest BCUT2D eigenvalue weighted by Crippen LogP contribution is 2.32. The molecule has 2 heterocycles. The van der Waals surface area contributed by atoms with Gasteiger partial charge in [-0.15, -0.1) is 0 Å². The molecule has 5 rings (SSSR count). The van der Waals surface area contributed by atoms with Crippen LogP contribution in [0, 0.1) is 0 Å². The molecule has 0 radical (unpaired) electrons. The first kappa shape index (κ1) is 20.7. The van der Waals surface area contributed by atoms with E-state index < -0.39 is 11.9 Å². The van der Waals surface area contributed by atoms with Gasteiger partial charge >= 0.3 is 0 Å². The predicted octanol–water partition coefficient (Wildman–Crippen LogP) is 2.54. The van der Waals surface area contributed by atoms with Crippen molar-refractivity contribution in [3.63, 3.8) is 0 Å². The molecule has 1 unspecified atom stereocenters. The number of amides is 3. The Hall–Kier alpha value is -3.19. The van der Waals surface area contributed by atoms with Crippen LogP contribution in [-0.2, 0) is 22.7 Å². The van der Waals surface area contributed by atoms with Gasteiger partial charge in [-0.25, -0.2) is 0 Å². The predicted molar refractivity (Wildman–Crippen MR) is 118 cm³/mol. The molecule has 2 aromatic carbocycles. The van der Waals surface area contributed by atoms with Crippen LogP contribution in [0.3, 0.4) is 0 Å². The van der Waals surface area contributed by atoms with Crippen molar-refractivity contribution >= 4 is 17.7 Å². The van der Waals surface area contributed by atoms with Crippen molar-refractivity contribution in [2.24, 2.45) is 0 Å². The van der Waals surface area contributed by atoms with E-state index in [1.165, 1.54) is 5.56 Å². The molecule has 7 nitrogen and oxygen atoms in total. The van der Waals surface area contributed by atoms with Crippen molar-refractivity contribution in [1.82, 2.24) is 15.5 Å². The van der Waals surface area contributed by atoms with Gasteiger partial charge in [0.2, 0.25) is 11.8 Å². The molecule has 166 valence electrons. The Morgan fingerprint density at radius 3 is 2.69 bits per heavy atom. The fraction of sp³-hybridized carbons (Fsp3) is 0.400. The second-order valence-corrected chi connectivity index (χ2v) is 8.78. The molecule has 7 heteroatoms. The van der Waals surface area contributed by atoms with Crippen LogP contribution in [0.5, 0.6) is 5.75 Å². The molecule has 3 atom stereocenters. The number of piperidine rings is 1. The SMILES string of the molecule is O=C1CCC(N2Cc3cc(O[C@H]4CCC[C@H]4NCc4ccccc4)ccc3C2=O)C(=O)N1. The number of nitrogens with one attached hydrogen (secondary N) is 2. The third-order valence-corrected chi connectivity index (χ3v) is 6.65. The maximum absolute atomic E-state index is 12.9. The van der Waals surface area contributed by atoms with E-state index >= 15 is 0 Å². The Labute approximate surface area is 187 Å². The van der Waals surface area contributed by atoms with Crippen molar-refractivity contribution in [3.8, 4) is 5.75 Å². The summed E-state index contributed by atoms with van der Waals surface area (Å²) < 4.78 is 6.34. The highest BCUT2D eigenvalue weighted by atomic mass is 16.5. The summed E-state index contributed by atoms with van der Waals surface area (Å²) in [7, 11) is 0. The molecule has 2 aromatic rings. The maximum atomic E-state index is 12.9. The van der Waals surface area contributed by atoms with Crippen molar-refractivity contribution in [2.45, 2.75) is 63.4 Å². The number of carbonyl (C=O) groups is 3. The smallest absolute Gasteiger partial charge is 0.255 e. The van der Waals surface area contributed by atoms with E-state index in [4.69, 9.17) is 4.74 Å². The van der Waals surface area contributed by atoms with E-state index in [0.29, 0.717) is 18.5 Å². The first-order chi connectivity index (χ1) is 15.6. The van der Waals surface area contributed by atoms with Crippen molar-refractivity contribution < 1.29 is 19.1 Å². The van der Waals surface area contributed by atoms with Gasteiger partial charge in [-0.3, -0.25) is 19.7 Å². The van der Waals surface area contributed by atoms with Crippen molar-refractivity contribution in [1.29, 1.82) is 0 Å². The lowest BCUT2D eigenvalue weighted by Gasteiger charge is -2.29. The minimum Gasteiger partial charge on any atom is -0.489 e. The fourth-order valence-corrected chi connectivity index (χ4v) is 4.94. The van der Waals surface area contributed by atoms with Gasteiger partial charge in [0.25, 0.3) is 5.91 Å². The first-order valence-electron chi connectivity index (χ1n) is 11.3. The van der Waals surface area contributed by atoms with Crippen LogP contribution in [0.2, 0.25) is 0 Å². The molecule has 32 heavy (non-hydrogen) atoms. The van der Waals surface area contributed by atoms with Gasteiger partial charge in [-0.05, 0) is 55.0 Å². The summed E-state index contributed by atoms with van der Waals surface area (Å²) >= 11 is 0. The summed E-state index contributed by atoms with van der Waals surface area (Å²) in [6.07, 6.45) is 3.88. The second-order valence-electron chi connectivity index (χ2n) is 8.78. The van der Waals surface area contributed by atoms with Gasteiger partial charge in [0.05, 0.1) is 0 Å². The summed E-state index contributed by atoms with van der Waals surface area (Å²) in [4.78, 5) is 38.1. The summed E-state index contributed by atoms with van der Waals surface area (Å²) in [6.45, 7) is 1.17. The molecule has 1 saturated heterocycles. The molecule has 1 saturated carbocycles. The number of benzene rings is 2. The molecule has 1 aliphatic carbocycles. The number of imide groups is 1. The lowest BCUT2D eigenvalue weighted by Crippen LogP contribution is -2.52. The molecule has 0 aromatic heterocycles. The van der Waals surface area contributed by atoms with Crippen molar-refractivity contribution in [3.05, 3.63) is 65.2 Å². The molecule has 3 amide bonds. The zero-order chi connectivity index (χ0) is 22.1. The molecule has 0 bridgehead atoms. The largest absolute Gasteiger partial charge is 0.489 e. The van der Waals surface area contributed by atoms with E-state index in [1.54, 1.807) is 11.0 Å². The average Bonchev–Trinajstić information content (AvgIpc) is 3.37. The first-order valence-corrected chi connectivity index (χ1v) is 11.3. The van der Waals surface area contributed by atoms with Crippen LogP contribution >= 0.6 is 0 Å². The Bertz CT molecular complexity index is 1040. The Kier molecular flexibility index (Phi) is 5.66. The number of fused-ring (bicyclic) bond motifs is 1. The summed E-state index contributed by atoms with van der Waals surface area (Å²) in [5.74, 6) is -0.0836. The van der Waals surface area contributed by atoms with Gasteiger partial charge < -0.3 is 15.0 Å². The average molecular weight is 434 g/mol. The molecular weight excluding hydrogens is 406 g/mol. The summed E-state index contributed by atoms with van der Waals surface area (Å²) in [6, 6.07) is 15.6. The van der Waals surface area contributed by atoms with Gasteiger partial charge in [0.1, 0.15) is 17.9 Å². The quantitative estimate of drug-likeness (QED) is 0.684. The number of nitrogens with zero attached hydrogens (tertiary/aromatic N) is 1. The number of ether oxygens (including phenoxy) is 1. The highest BCUT2D eigenvalue weighted by molar-refractivity contribution is 6.05. The molecule has 2 aliphatic heterocycles. The monoisotopic (exact) mass is 433 g/mol. The van der Waals surface area contributed by atoms with E-state index in [0.717, 1.165) is 37.1 Å². The van der Waals surface area contributed by atoms with E-state index in [9.17, 15) is 14.4 Å². The molecular formula is C25H27N3O4. The molecule has 3 aliphatic rings. The Morgan fingerprint density at radius 1 is 1.03 bits per heavy atom. The van der Waals surface area contributed by atoms with E-state index in [1.807, 2.05) is 30.3 Å². The van der Waals surface area contributed by atoms with Crippen molar-refractivity contribution in [2.75, 3.05) is 0 Å². The minimum absolute atomic E-state index is 0.0834. The standard InChI is InChI=1S/C25H27N3O4/c29-23-12-11-21(24(30)27-23)28-15-17-13-18(9-10-19(17)25(28)31)32-22-8-4-7-20(22)26-14-16-5-2-1-3-6-16/h1-3,5-6,9-10,13,20-22,26H,4,7-8,11-12,14-15H2,(H,27,29,30)/t20-,21?,22+/m1/s1. The van der Waals surface area contributed by atoms with Crippen LogP contribution in [0.1, 0.15) is 53.6 Å². The van der Waals surface area contributed by atoms with E-state index in [2.05, 4.69) is 22.8 Å². The van der Waals surface area contributed by atoms with Gasteiger partial charge in [0, 0.05) is 31.1 Å². The Morgan fingerprint density at radius 2 is 1.88 bits per heavy atom. The zero-order valence-corrected chi connectivity index (χ0v) is 17.9. The second kappa shape index (κ2) is 8.74. The molecule has 2 fully saturated rings. The Balaban J connectivity index is 1.24. The zero-order valence-electron chi connectivity index (χ0n) is 17.9. The number of carbonyl (C=O) groups excluding carboxylic acids is 3. The minimum atomic E-state index is -0.599.